The minimum atomic E-state index is -0.271. The maximum atomic E-state index is 12.3. The molecular formula is C14H17ClN2OS. The standard InChI is InChI=1S/C14H17ClN2OS/c1-6-4-7(2)11-9(5-6)10-13(18)16-12(8(3)15)17-14(10)19-11/h6-8H,4-5H2,1-3H3,(H,16,17,18). The summed E-state index contributed by atoms with van der Waals surface area (Å²) in [5, 5.41) is 0.520. The van der Waals surface area contributed by atoms with Crippen LogP contribution in [0.25, 0.3) is 10.2 Å². The number of H-pyrrole nitrogens is 1. The third kappa shape index (κ3) is 2.11. The number of fused-ring (bicyclic) bond motifs is 3. The molecule has 1 N–H and O–H groups in total. The summed E-state index contributed by atoms with van der Waals surface area (Å²) in [6.07, 6.45) is 2.18. The van der Waals surface area contributed by atoms with E-state index in [0.717, 1.165) is 16.6 Å². The highest BCUT2D eigenvalue weighted by molar-refractivity contribution is 7.18. The van der Waals surface area contributed by atoms with E-state index < -0.39 is 0 Å². The van der Waals surface area contributed by atoms with Crippen LogP contribution in [0.5, 0.6) is 0 Å². The van der Waals surface area contributed by atoms with Gasteiger partial charge < -0.3 is 4.98 Å². The van der Waals surface area contributed by atoms with Crippen molar-refractivity contribution in [3.8, 4) is 0 Å². The van der Waals surface area contributed by atoms with Gasteiger partial charge in [-0.1, -0.05) is 13.8 Å². The number of halogens is 1. The van der Waals surface area contributed by atoms with E-state index in [1.165, 1.54) is 16.9 Å². The molecule has 3 atom stereocenters. The SMILES string of the molecule is CC1Cc2c(sc3nc(C(C)Cl)[nH]c(=O)c23)C(C)C1. The summed E-state index contributed by atoms with van der Waals surface area (Å²) in [5.41, 5.74) is 1.18. The highest BCUT2D eigenvalue weighted by Crippen LogP contribution is 2.42. The first-order valence-corrected chi connectivity index (χ1v) is 7.92. The van der Waals surface area contributed by atoms with Crippen LogP contribution in [-0.4, -0.2) is 9.97 Å². The van der Waals surface area contributed by atoms with E-state index >= 15 is 0 Å². The summed E-state index contributed by atoms with van der Waals surface area (Å²) in [4.78, 5) is 21.8. The summed E-state index contributed by atoms with van der Waals surface area (Å²) in [5.74, 6) is 1.72. The van der Waals surface area contributed by atoms with Gasteiger partial charge >= 0.3 is 0 Å². The monoisotopic (exact) mass is 296 g/mol. The van der Waals surface area contributed by atoms with Crippen LogP contribution in [0, 0.1) is 5.92 Å². The van der Waals surface area contributed by atoms with Gasteiger partial charge in [-0.05, 0) is 37.2 Å². The van der Waals surface area contributed by atoms with Crippen molar-refractivity contribution in [2.24, 2.45) is 5.92 Å². The third-order valence-electron chi connectivity index (χ3n) is 3.84. The lowest BCUT2D eigenvalue weighted by Gasteiger charge is -2.23. The molecule has 0 aromatic carbocycles. The van der Waals surface area contributed by atoms with E-state index in [1.807, 2.05) is 6.92 Å². The molecule has 0 saturated carbocycles. The number of nitrogens with one attached hydrogen (secondary N) is 1. The molecule has 2 aromatic heterocycles. The van der Waals surface area contributed by atoms with Gasteiger partial charge in [0.05, 0.1) is 10.8 Å². The molecule has 0 radical (unpaired) electrons. The third-order valence-corrected chi connectivity index (χ3v) is 5.41. The quantitative estimate of drug-likeness (QED) is 0.809. The first kappa shape index (κ1) is 13.1. The first-order chi connectivity index (χ1) is 8.97. The van der Waals surface area contributed by atoms with Crippen LogP contribution < -0.4 is 5.56 Å². The van der Waals surface area contributed by atoms with E-state index in [0.29, 0.717) is 17.7 Å². The molecule has 0 bridgehead atoms. The van der Waals surface area contributed by atoms with Gasteiger partial charge in [-0.15, -0.1) is 22.9 Å². The lowest BCUT2D eigenvalue weighted by molar-refractivity contribution is 0.458. The number of rotatable bonds is 1. The zero-order valence-corrected chi connectivity index (χ0v) is 12.9. The van der Waals surface area contributed by atoms with Gasteiger partial charge in [0, 0.05) is 4.88 Å². The molecule has 1 aliphatic carbocycles. The van der Waals surface area contributed by atoms with Crippen LogP contribution >= 0.6 is 22.9 Å². The van der Waals surface area contributed by atoms with Crippen molar-refractivity contribution in [3.05, 3.63) is 26.6 Å². The summed E-state index contributed by atoms with van der Waals surface area (Å²) in [6.45, 7) is 6.31. The molecule has 0 aliphatic heterocycles. The second-order valence-electron chi connectivity index (χ2n) is 5.64. The number of nitrogens with zero attached hydrogens (tertiary/aromatic N) is 1. The van der Waals surface area contributed by atoms with Crippen molar-refractivity contribution in [1.82, 2.24) is 9.97 Å². The van der Waals surface area contributed by atoms with Crippen LogP contribution in [0.15, 0.2) is 4.79 Å². The normalized spacial score (nSPS) is 24.4. The summed E-state index contributed by atoms with van der Waals surface area (Å²) in [7, 11) is 0. The Bertz CT molecular complexity index is 689. The molecule has 0 fully saturated rings. The number of aromatic nitrogens is 2. The highest BCUT2D eigenvalue weighted by atomic mass is 35.5. The molecule has 2 aromatic rings. The minimum absolute atomic E-state index is 0.0358. The van der Waals surface area contributed by atoms with Crippen molar-refractivity contribution < 1.29 is 0 Å². The largest absolute Gasteiger partial charge is 0.309 e. The van der Waals surface area contributed by atoms with Gasteiger partial charge in [-0.25, -0.2) is 4.98 Å². The molecule has 3 unspecified atom stereocenters. The van der Waals surface area contributed by atoms with Crippen molar-refractivity contribution in [3.63, 3.8) is 0 Å². The second kappa shape index (κ2) is 4.60. The van der Waals surface area contributed by atoms with Gasteiger partial charge in [0.2, 0.25) is 0 Å². The minimum Gasteiger partial charge on any atom is -0.309 e. The predicted octanol–water partition coefficient (Wildman–Crippen LogP) is 3.97. The maximum Gasteiger partial charge on any atom is 0.259 e. The average Bonchev–Trinajstić information content (AvgIpc) is 2.68. The number of hydrogen-bond acceptors (Lipinski definition) is 3. The van der Waals surface area contributed by atoms with E-state index in [4.69, 9.17) is 11.6 Å². The molecule has 2 heterocycles. The Morgan fingerprint density at radius 3 is 2.89 bits per heavy atom. The summed E-state index contributed by atoms with van der Waals surface area (Å²) < 4.78 is 0. The summed E-state index contributed by atoms with van der Waals surface area (Å²) >= 11 is 7.69. The number of thiophene rings is 1. The number of hydrogen-bond donors (Lipinski definition) is 1. The van der Waals surface area contributed by atoms with Crippen molar-refractivity contribution in [2.75, 3.05) is 0 Å². The second-order valence-corrected chi connectivity index (χ2v) is 7.32. The van der Waals surface area contributed by atoms with Crippen molar-refractivity contribution >= 4 is 33.2 Å². The first-order valence-electron chi connectivity index (χ1n) is 6.67. The number of alkyl halides is 1. The van der Waals surface area contributed by atoms with E-state index in [1.54, 1.807) is 11.3 Å². The molecule has 3 nitrogen and oxygen atoms in total. The molecule has 1 aliphatic rings. The fraction of sp³-hybridized carbons (Fsp3) is 0.571. The molecule has 102 valence electrons. The van der Waals surface area contributed by atoms with Gasteiger partial charge in [0.15, 0.2) is 0 Å². The predicted molar refractivity (Wildman–Crippen MR) is 80.4 cm³/mol. The number of aromatic amines is 1. The van der Waals surface area contributed by atoms with Crippen LogP contribution in [0.3, 0.4) is 0 Å². The van der Waals surface area contributed by atoms with E-state index in [-0.39, 0.29) is 10.9 Å². The topological polar surface area (TPSA) is 45.8 Å². The van der Waals surface area contributed by atoms with Crippen LogP contribution in [0.4, 0.5) is 0 Å². The van der Waals surface area contributed by atoms with Crippen molar-refractivity contribution in [1.29, 1.82) is 0 Å². The Morgan fingerprint density at radius 2 is 2.21 bits per heavy atom. The Labute approximate surface area is 121 Å². The molecule has 0 saturated heterocycles. The Kier molecular flexibility index (Phi) is 3.18. The average molecular weight is 297 g/mol. The smallest absolute Gasteiger partial charge is 0.259 e. The lowest BCUT2D eigenvalue weighted by atomic mass is 9.83. The van der Waals surface area contributed by atoms with Gasteiger partial charge in [-0.3, -0.25) is 4.79 Å². The van der Waals surface area contributed by atoms with Crippen LogP contribution in [0.1, 0.15) is 54.8 Å². The Morgan fingerprint density at radius 1 is 1.47 bits per heavy atom. The highest BCUT2D eigenvalue weighted by Gasteiger charge is 2.27. The molecule has 19 heavy (non-hydrogen) atoms. The van der Waals surface area contributed by atoms with Gasteiger partial charge in [0.1, 0.15) is 10.7 Å². The van der Waals surface area contributed by atoms with E-state index in [2.05, 4.69) is 23.8 Å². The zero-order chi connectivity index (χ0) is 13.7. The fourth-order valence-corrected chi connectivity index (χ4v) is 4.41. The Balaban J connectivity index is 2.29. The van der Waals surface area contributed by atoms with E-state index in [9.17, 15) is 4.79 Å². The van der Waals surface area contributed by atoms with Crippen LogP contribution in [-0.2, 0) is 6.42 Å². The molecule has 0 amide bonds. The molecule has 5 heteroatoms. The summed E-state index contributed by atoms with van der Waals surface area (Å²) in [6, 6.07) is 0. The zero-order valence-electron chi connectivity index (χ0n) is 11.3. The van der Waals surface area contributed by atoms with Gasteiger partial charge in [0.25, 0.3) is 5.56 Å². The Hall–Kier alpha value is -0.870. The maximum absolute atomic E-state index is 12.3. The van der Waals surface area contributed by atoms with Gasteiger partial charge in [-0.2, -0.15) is 0 Å². The fourth-order valence-electron chi connectivity index (χ4n) is 3.03. The molecule has 0 spiro atoms. The van der Waals surface area contributed by atoms with Crippen molar-refractivity contribution in [2.45, 2.75) is 44.9 Å². The van der Waals surface area contributed by atoms with Crippen LogP contribution in [0.2, 0.25) is 0 Å². The molecule has 3 rings (SSSR count). The lowest BCUT2D eigenvalue weighted by Crippen LogP contribution is -2.16. The molecular weight excluding hydrogens is 280 g/mol.